The molecule has 0 radical (unpaired) electrons. The van der Waals surface area contributed by atoms with Gasteiger partial charge in [0.15, 0.2) is 0 Å². The average Bonchev–Trinajstić information content (AvgIpc) is 3.14. The van der Waals surface area contributed by atoms with Crippen molar-refractivity contribution in [2.75, 3.05) is 5.32 Å². The molecule has 0 unspecified atom stereocenters. The third-order valence-corrected chi connectivity index (χ3v) is 3.25. The number of hydrogen-bond acceptors (Lipinski definition) is 4. The lowest BCUT2D eigenvalue weighted by atomic mass is 10.2. The van der Waals surface area contributed by atoms with Crippen molar-refractivity contribution in [3.8, 4) is 11.4 Å². The van der Waals surface area contributed by atoms with Gasteiger partial charge in [-0.15, -0.1) is 0 Å². The van der Waals surface area contributed by atoms with Crippen LogP contribution in [0.25, 0.3) is 11.4 Å². The Morgan fingerprint density at radius 2 is 2.14 bits per heavy atom. The zero-order valence-electron chi connectivity index (χ0n) is 13.0. The van der Waals surface area contributed by atoms with Crippen LogP contribution in [0, 0.1) is 0 Å². The lowest BCUT2D eigenvalue weighted by Gasteiger charge is -2.19. The number of imidazole rings is 1. The highest BCUT2D eigenvalue weighted by atomic mass is 16.6. The van der Waals surface area contributed by atoms with E-state index in [1.165, 1.54) is 12.8 Å². The summed E-state index contributed by atoms with van der Waals surface area (Å²) in [4.78, 5) is 20.5. The van der Waals surface area contributed by atoms with Gasteiger partial charge in [-0.05, 0) is 45.7 Å². The van der Waals surface area contributed by atoms with Gasteiger partial charge >= 0.3 is 6.09 Å². The molecule has 0 atom stereocenters. The van der Waals surface area contributed by atoms with Gasteiger partial charge in [0.2, 0.25) is 0 Å². The molecule has 1 aliphatic carbocycles. The first kappa shape index (κ1) is 14.6. The van der Waals surface area contributed by atoms with E-state index in [0.717, 1.165) is 11.4 Å². The van der Waals surface area contributed by atoms with Crippen LogP contribution in [-0.4, -0.2) is 26.2 Å². The highest BCUT2D eigenvalue weighted by molar-refractivity contribution is 5.84. The molecule has 1 fully saturated rings. The maximum atomic E-state index is 11.8. The minimum atomic E-state index is -0.535. The van der Waals surface area contributed by atoms with E-state index in [2.05, 4.69) is 19.9 Å². The van der Waals surface area contributed by atoms with Crippen LogP contribution in [-0.2, 0) is 4.74 Å². The first-order valence-corrected chi connectivity index (χ1v) is 7.42. The van der Waals surface area contributed by atoms with Gasteiger partial charge < -0.3 is 9.30 Å². The van der Waals surface area contributed by atoms with Crippen LogP contribution in [0.15, 0.2) is 30.7 Å². The van der Waals surface area contributed by atoms with Crippen LogP contribution >= 0.6 is 0 Å². The van der Waals surface area contributed by atoms with Crippen LogP contribution in [0.5, 0.6) is 0 Å². The van der Waals surface area contributed by atoms with Gasteiger partial charge in [-0.2, -0.15) is 0 Å². The number of hydrogen-bond donors (Lipinski definition) is 1. The Balaban J connectivity index is 1.78. The smallest absolute Gasteiger partial charge is 0.413 e. The van der Waals surface area contributed by atoms with Gasteiger partial charge in [0.1, 0.15) is 11.4 Å². The Hall–Kier alpha value is -2.37. The summed E-state index contributed by atoms with van der Waals surface area (Å²) in [5.74, 6) is 0.468. The van der Waals surface area contributed by atoms with Crippen molar-refractivity contribution in [3.63, 3.8) is 0 Å². The normalized spacial score (nSPS) is 14.7. The highest BCUT2D eigenvalue weighted by Crippen LogP contribution is 2.37. The van der Waals surface area contributed by atoms with Crippen LogP contribution in [0.4, 0.5) is 10.6 Å². The van der Waals surface area contributed by atoms with E-state index in [1.54, 1.807) is 12.3 Å². The molecule has 116 valence electrons. The minimum Gasteiger partial charge on any atom is -0.444 e. The van der Waals surface area contributed by atoms with Gasteiger partial charge in [0.05, 0.1) is 23.9 Å². The van der Waals surface area contributed by atoms with E-state index in [4.69, 9.17) is 4.74 Å². The van der Waals surface area contributed by atoms with Crippen LogP contribution in [0.2, 0.25) is 0 Å². The molecular weight excluding hydrogens is 280 g/mol. The van der Waals surface area contributed by atoms with Crippen molar-refractivity contribution in [3.05, 3.63) is 30.7 Å². The fourth-order valence-electron chi connectivity index (χ4n) is 2.20. The van der Waals surface area contributed by atoms with Crippen molar-refractivity contribution < 1.29 is 9.53 Å². The number of carbonyl (C=O) groups is 1. The number of carbonyl (C=O) groups excluding carboxylic acids is 1. The molecule has 2 heterocycles. The Morgan fingerprint density at radius 3 is 2.82 bits per heavy atom. The minimum absolute atomic E-state index is 0.468. The lowest BCUT2D eigenvalue weighted by Crippen LogP contribution is -2.27. The van der Waals surface area contributed by atoms with Crippen LogP contribution in [0.1, 0.15) is 39.7 Å². The maximum Gasteiger partial charge on any atom is 0.413 e. The molecule has 0 aromatic carbocycles. The Kier molecular flexibility index (Phi) is 3.60. The third kappa shape index (κ3) is 3.44. The molecule has 6 heteroatoms. The van der Waals surface area contributed by atoms with E-state index in [9.17, 15) is 4.79 Å². The number of pyridine rings is 1. The second kappa shape index (κ2) is 5.44. The third-order valence-electron chi connectivity index (χ3n) is 3.25. The van der Waals surface area contributed by atoms with Gasteiger partial charge in [0, 0.05) is 6.04 Å². The summed E-state index contributed by atoms with van der Waals surface area (Å²) < 4.78 is 7.38. The molecule has 0 saturated heterocycles. The summed E-state index contributed by atoms with van der Waals surface area (Å²) in [7, 11) is 0. The molecular formula is C16H20N4O2. The van der Waals surface area contributed by atoms with E-state index in [1.807, 2.05) is 39.2 Å². The highest BCUT2D eigenvalue weighted by Gasteiger charge is 2.26. The molecule has 6 nitrogen and oxygen atoms in total. The van der Waals surface area contributed by atoms with Crippen LogP contribution in [0.3, 0.4) is 0 Å². The monoisotopic (exact) mass is 300 g/mol. The zero-order chi connectivity index (χ0) is 15.7. The van der Waals surface area contributed by atoms with Crippen molar-refractivity contribution >= 4 is 11.9 Å². The summed E-state index contributed by atoms with van der Waals surface area (Å²) in [5.41, 5.74) is 1.22. The molecule has 2 aromatic rings. The molecule has 0 bridgehead atoms. The lowest BCUT2D eigenvalue weighted by molar-refractivity contribution is 0.0635. The summed E-state index contributed by atoms with van der Waals surface area (Å²) >= 11 is 0. The Bertz CT molecular complexity index is 683. The van der Waals surface area contributed by atoms with Crippen molar-refractivity contribution in [2.45, 2.75) is 45.3 Å². The maximum absolute atomic E-state index is 11.8. The molecule has 1 N–H and O–H groups in total. The summed E-state index contributed by atoms with van der Waals surface area (Å²) in [5, 5.41) is 2.66. The molecule has 1 amide bonds. The fraction of sp³-hybridized carbons (Fsp3) is 0.438. The largest absolute Gasteiger partial charge is 0.444 e. The fourth-order valence-corrected chi connectivity index (χ4v) is 2.20. The molecule has 22 heavy (non-hydrogen) atoms. The number of ether oxygens (including phenoxy) is 1. The second-order valence-electron chi connectivity index (χ2n) is 6.45. The predicted molar refractivity (Wildman–Crippen MR) is 83.6 cm³/mol. The quantitative estimate of drug-likeness (QED) is 0.939. The molecule has 2 aromatic heterocycles. The predicted octanol–water partition coefficient (Wildman–Crippen LogP) is 3.63. The topological polar surface area (TPSA) is 69.0 Å². The number of aromatic nitrogens is 3. The first-order valence-electron chi connectivity index (χ1n) is 7.42. The first-order chi connectivity index (χ1) is 10.4. The van der Waals surface area contributed by atoms with E-state index in [0.29, 0.717) is 11.9 Å². The molecule has 3 rings (SSSR count). The van der Waals surface area contributed by atoms with Crippen molar-refractivity contribution in [1.29, 1.82) is 0 Å². The average molecular weight is 300 g/mol. The SMILES string of the molecule is CC(C)(C)OC(=O)Nc1cccc(-c2cncn2C2CC2)n1. The number of nitrogens with zero attached hydrogens (tertiary/aromatic N) is 3. The number of nitrogens with one attached hydrogen (secondary N) is 1. The molecule has 0 spiro atoms. The van der Waals surface area contributed by atoms with Gasteiger partial charge in [-0.1, -0.05) is 6.07 Å². The molecule has 1 aliphatic rings. The van der Waals surface area contributed by atoms with E-state index >= 15 is 0 Å². The molecule has 0 aliphatic heterocycles. The standard InChI is InChI=1S/C16H20N4O2/c1-16(2,3)22-15(21)19-14-6-4-5-12(18-14)13-9-17-10-20(13)11-7-8-11/h4-6,9-11H,7-8H2,1-3H3,(H,18,19,21). The second-order valence-corrected chi connectivity index (χ2v) is 6.45. The van der Waals surface area contributed by atoms with E-state index in [-0.39, 0.29) is 0 Å². The van der Waals surface area contributed by atoms with Crippen molar-refractivity contribution in [2.24, 2.45) is 0 Å². The van der Waals surface area contributed by atoms with Gasteiger partial charge in [-0.25, -0.2) is 14.8 Å². The Morgan fingerprint density at radius 1 is 1.36 bits per heavy atom. The summed E-state index contributed by atoms with van der Waals surface area (Å²) in [6.07, 6.45) is 5.49. The summed E-state index contributed by atoms with van der Waals surface area (Å²) in [6.45, 7) is 5.47. The number of amides is 1. The Labute approximate surface area is 129 Å². The van der Waals surface area contributed by atoms with Crippen LogP contribution < -0.4 is 5.32 Å². The zero-order valence-corrected chi connectivity index (χ0v) is 13.0. The van der Waals surface area contributed by atoms with Crippen molar-refractivity contribution in [1.82, 2.24) is 14.5 Å². The summed E-state index contributed by atoms with van der Waals surface area (Å²) in [6, 6.07) is 6.04. The molecule has 1 saturated carbocycles. The number of anilines is 1. The van der Waals surface area contributed by atoms with Gasteiger partial charge in [-0.3, -0.25) is 5.32 Å². The van der Waals surface area contributed by atoms with E-state index < -0.39 is 11.7 Å². The van der Waals surface area contributed by atoms with Gasteiger partial charge in [0.25, 0.3) is 0 Å². The number of rotatable bonds is 3.